The Morgan fingerprint density at radius 1 is 1.36 bits per heavy atom. The zero-order valence-electron chi connectivity index (χ0n) is 12.6. The Kier molecular flexibility index (Phi) is 6.23. The van der Waals surface area contributed by atoms with Gasteiger partial charge in [0, 0.05) is 16.8 Å². The summed E-state index contributed by atoms with van der Waals surface area (Å²) >= 11 is 3.25. The Bertz CT molecular complexity index is 612. The van der Waals surface area contributed by atoms with Crippen LogP contribution in [0.2, 0.25) is 0 Å². The lowest BCUT2D eigenvalue weighted by Crippen LogP contribution is -2.36. The molecule has 1 amide bonds. The Hall–Kier alpha value is -1.57. The lowest BCUT2D eigenvalue weighted by Gasteiger charge is -2.12. The molecule has 22 heavy (non-hydrogen) atoms. The molecular formula is C15H20N4OS2. The summed E-state index contributed by atoms with van der Waals surface area (Å²) in [6.07, 6.45) is 2.68. The lowest BCUT2D eigenvalue weighted by atomic mass is 10.2. The number of thioether (sulfide) groups is 1. The number of nitrogens with zero attached hydrogens (tertiary/aromatic N) is 1. The van der Waals surface area contributed by atoms with Gasteiger partial charge in [-0.1, -0.05) is 0 Å². The number of nitrogens with two attached hydrogens (primary N) is 1. The number of benzene rings is 1. The third-order valence-corrected chi connectivity index (χ3v) is 4.51. The molecule has 2 rings (SSSR count). The number of carbonyl (C=O) groups is 1. The maximum atomic E-state index is 11.9. The third-order valence-electron chi connectivity index (χ3n) is 2.99. The molecule has 0 aliphatic rings. The van der Waals surface area contributed by atoms with Crippen molar-refractivity contribution in [3.05, 3.63) is 35.3 Å². The number of anilines is 3. The van der Waals surface area contributed by atoms with Crippen LogP contribution in [0.4, 0.5) is 16.5 Å². The van der Waals surface area contributed by atoms with Crippen molar-refractivity contribution in [2.45, 2.75) is 19.4 Å². The molecule has 2 aromatic rings. The average molecular weight is 336 g/mol. The summed E-state index contributed by atoms with van der Waals surface area (Å²) in [5, 5.41) is 8.90. The van der Waals surface area contributed by atoms with Crippen LogP contribution < -0.4 is 16.4 Å². The van der Waals surface area contributed by atoms with Gasteiger partial charge in [0.2, 0.25) is 5.91 Å². The van der Waals surface area contributed by atoms with Crippen molar-refractivity contribution in [3.63, 3.8) is 0 Å². The smallest absolute Gasteiger partial charge is 0.241 e. The van der Waals surface area contributed by atoms with E-state index < -0.39 is 6.04 Å². The number of aromatic nitrogens is 1. The first-order chi connectivity index (χ1) is 10.6. The van der Waals surface area contributed by atoms with Gasteiger partial charge >= 0.3 is 0 Å². The third kappa shape index (κ3) is 5.01. The highest BCUT2D eigenvalue weighted by Gasteiger charge is 2.12. The number of hydrogen-bond acceptors (Lipinski definition) is 6. The molecular weight excluding hydrogens is 316 g/mol. The molecule has 4 N–H and O–H groups in total. The molecule has 1 aromatic heterocycles. The molecule has 0 fully saturated rings. The molecule has 5 nitrogen and oxygen atoms in total. The van der Waals surface area contributed by atoms with Crippen molar-refractivity contribution < 1.29 is 4.79 Å². The number of amides is 1. The summed E-state index contributed by atoms with van der Waals surface area (Å²) < 4.78 is 0. The second-order valence-electron chi connectivity index (χ2n) is 4.87. The molecule has 1 atom stereocenters. The number of thiazole rings is 1. The van der Waals surface area contributed by atoms with Crippen molar-refractivity contribution in [3.8, 4) is 0 Å². The minimum absolute atomic E-state index is 0.148. The fourth-order valence-electron chi connectivity index (χ4n) is 1.78. The van der Waals surface area contributed by atoms with E-state index in [4.69, 9.17) is 5.73 Å². The Labute approximate surface area is 138 Å². The molecule has 7 heteroatoms. The summed E-state index contributed by atoms with van der Waals surface area (Å²) in [6, 6.07) is 7.03. The number of aryl methyl sites for hydroxylation is 1. The molecule has 0 aliphatic carbocycles. The number of nitrogens with one attached hydrogen (secondary N) is 2. The Morgan fingerprint density at radius 3 is 2.64 bits per heavy atom. The maximum Gasteiger partial charge on any atom is 0.241 e. The molecule has 0 bridgehead atoms. The van der Waals surface area contributed by atoms with Crippen molar-refractivity contribution in [2.75, 3.05) is 22.6 Å². The highest BCUT2D eigenvalue weighted by atomic mass is 32.2. The van der Waals surface area contributed by atoms with Crippen LogP contribution in [0.25, 0.3) is 0 Å². The van der Waals surface area contributed by atoms with E-state index in [0.717, 1.165) is 28.0 Å². The van der Waals surface area contributed by atoms with E-state index in [2.05, 4.69) is 15.6 Å². The number of carbonyl (C=O) groups excluding carboxylic acids is 1. The molecule has 0 saturated heterocycles. The zero-order valence-corrected chi connectivity index (χ0v) is 14.3. The van der Waals surface area contributed by atoms with Gasteiger partial charge in [-0.15, -0.1) is 11.3 Å². The number of hydrogen-bond donors (Lipinski definition) is 3. The summed E-state index contributed by atoms with van der Waals surface area (Å²) in [5.74, 6) is 0.732. The van der Waals surface area contributed by atoms with Crippen molar-refractivity contribution in [1.82, 2.24) is 4.98 Å². The van der Waals surface area contributed by atoms with Crippen LogP contribution in [0.1, 0.15) is 12.1 Å². The van der Waals surface area contributed by atoms with Gasteiger partial charge in [0.05, 0.1) is 11.7 Å². The first kappa shape index (κ1) is 16.8. The van der Waals surface area contributed by atoms with E-state index in [-0.39, 0.29) is 5.91 Å². The summed E-state index contributed by atoms with van der Waals surface area (Å²) in [5.41, 5.74) is 8.51. The lowest BCUT2D eigenvalue weighted by molar-refractivity contribution is -0.117. The Balaban J connectivity index is 1.90. The predicted octanol–water partition coefficient (Wildman–Crippen LogP) is 3.21. The summed E-state index contributed by atoms with van der Waals surface area (Å²) in [4.78, 5) is 16.3. The monoisotopic (exact) mass is 336 g/mol. The van der Waals surface area contributed by atoms with E-state index in [9.17, 15) is 4.79 Å². The van der Waals surface area contributed by atoms with E-state index >= 15 is 0 Å². The van der Waals surface area contributed by atoms with Gasteiger partial charge in [-0.05, 0) is 49.6 Å². The van der Waals surface area contributed by atoms with Gasteiger partial charge in [-0.3, -0.25) is 4.79 Å². The van der Waals surface area contributed by atoms with Crippen LogP contribution in [0.3, 0.4) is 0 Å². The second kappa shape index (κ2) is 8.17. The predicted molar refractivity (Wildman–Crippen MR) is 96.2 cm³/mol. The van der Waals surface area contributed by atoms with Gasteiger partial charge < -0.3 is 16.4 Å². The molecule has 0 unspecified atom stereocenters. The quantitative estimate of drug-likeness (QED) is 0.723. The zero-order chi connectivity index (χ0) is 15.9. The summed E-state index contributed by atoms with van der Waals surface area (Å²) in [7, 11) is 0. The van der Waals surface area contributed by atoms with Crippen LogP contribution in [0, 0.1) is 6.92 Å². The minimum Gasteiger partial charge on any atom is -0.332 e. The van der Waals surface area contributed by atoms with Gasteiger partial charge in [-0.2, -0.15) is 11.8 Å². The molecule has 118 valence electrons. The standard InChI is InChI=1S/C15H20N4OS2/c1-10-9-22-15(17-10)19-12-5-3-11(4-6-12)18-14(20)13(16)7-8-21-2/h3-6,9,13H,7-8,16H2,1-2H3,(H,17,19)(H,18,20)/t13-/m0/s1. The van der Waals surface area contributed by atoms with Gasteiger partial charge in [-0.25, -0.2) is 4.98 Å². The van der Waals surface area contributed by atoms with Crippen molar-refractivity contribution in [1.29, 1.82) is 0 Å². The molecule has 0 aliphatic heterocycles. The summed E-state index contributed by atoms with van der Waals surface area (Å²) in [6.45, 7) is 1.96. The van der Waals surface area contributed by atoms with Gasteiger partial charge in [0.1, 0.15) is 0 Å². The largest absolute Gasteiger partial charge is 0.332 e. The van der Waals surface area contributed by atoms with Crippen molar-refractivity contribution in [2.24, 2.45) is 5.73 Å². The van der Waals surface area contributed by atoms with Crippen LogP contribution in [0.15, 0.2) is 29.6 Å². The molecule has 0 saturated carbocycles. The SMILES string of the molecule is CSCC[C@H](N)C(=O)Nc1ccc(Nc2nc(C)cs2)cc1. The van der Waals surface area contributed by atoms with Crippen LogP contribution in [0.5, 0.6) is 0 Å². The fraction of sp³-hybridized carbons (Fsp3) is 0.333. The molecule has 0 spiro atoms. The first-order valence-electron chi connectivity index (χ1n) is 6.93. The molecule has 1 heterocycles. The van der Waals surface area contributed by atoms with E-state index in [1.165, 1.54) is 0 Å². The highest BCUT2D eigenvalue weighted by molar-refractivity contribution is 7.98. The molecule has 0 radical (unpaired) electrons. The fourth-order valence-corrected chi connectivity index (χ4v) is 2.98. The van der Waals surface area contributed by atoms with Crippen molar-refractivity contribution >= 4 is 45.5 Å². The van der Waals surface area contributed by atoms with E-state index in [1.54, 1.807) is 23.1 Å². The van der Waals surface area contributed by atoms with Crippen LogP contribution >= 0.6 is 23.1 Å². The average Bonchev–Trinajstić information content (AvgIpc) is 2.91. The first-order valence-corrected chi connectivity index (χ1v) is 9.20. The minimum atomic E-state index is -0.469. The Morgan fingerprint density at radius 2 is 2.05 bits per heavy atom. The number of rotatable bonds is 7. The molecule has 1 aromatic carbocycles. The van der Waals surface area contributed by atoms with Crippen LogP contribution in [-0.4, -0.2) is 28.9 Å². The highest BCUT2D eigenvalue weighted by Crippen LogP contribution is 2.22. The van der Waals surface area contributed by atoms with E-state index in [1.807, 2.05) is 42.8 Å². The van der Waals surface area contributed by atoms with Gasteiger partial charge in [0.15, 0.2) is 5.13 Å². The van der Waals surface area contributed by atoms with Crippen LogP contribution in [-0.2, 0) is 4.79 Å². The second-order valence-corrected chi connectivity index (χ2v) is 6.72. The normalized spacial score (nSPS) is 12.0. The van der Waals surface area contributed by atoms with E-state index in [0.29, 0.717) is 6.42 Å². The topological polar surface area (TPSA) is 80.0 Å². The van der Waals surface area contributed by atoms with Gasteiger partial charge in [0.25, 0.3) is 0 Å². The maximum absolute atomic E-state index is 11.9.